The number of nitrogen functional groups attached to an aromatic ring is 1. The number of aromatic nitrogens is 1. The molecular weight excluding hydrogens is 244 g/mol. The SMILES string of the molecule is CCC1COCCN1C(=O)c1cnc(C)cc1NN. The molecule has 6 heteroatoms. The van der Waals surface area contributed by atoms with Gasteiger partial charge in [0, 0.05) is 18.4 Å². The number of amides is 1. The van der Waals surface area contributed by atoms with Crippen molar-refractivity contribution < 1.29 is 9.53 Å². The molecule has 3 N–H and O–H groups in total. The summed E-state index contributed by atoms with van der Waals surface area (Å²) in [6.45, 7) is 5.68. The van der Waals surface area contributed by atoms with E-state index in [2.05, 4.69) is 17.3 Å². The number of morpholine rings is 1. The molecule has 19 heavy (non-hydrogen) atoms. The lowest BCUT2D eigenvalue weighted by molar-refractivity contribution is -0.00277. The van der Waals surface area contributed by atoms with Gasteiger partial charge in [0.05, 0.1) is 30.5 Å². The highest BCUT2D eigenvalue weighted by molar-refractivity contribution is 5.99. The zero-order valence-corrected chi connectivity index (χ0v) is 11.3. The van der Waals surface area contributed by atoms with Crippen LogP contribution in [-0.4, -0.2) is 41.6 Å². The molecule has 1 aliphatic rings. The van der Waals surface area contributed by atoms with Crippen molar-refractivity contribution in [2.75, 3.05) is 25.2 Å². The lowest BCUT2D eigenvalue weighted by Crippen LogP contribution is -2.48. The van der Waals surface area contributed by atoms with Crippen molar-refractivity contribution in [2.45, 2.75) is 26.3 Å². The fourth-order valence-corrected chi connectivity index (χ4v) is 2.26. The molecule has 0 aliphatic carbocycles. The van der Waals surface area contributed by atoms with E-state index in [-0.39, 0.29) is 11.9 Å². The van der Waals surface area contributed by atoms with Gasteiger partial charge in [-0.3, -0.25) is 15.6 Å². The highest BCUT2D eigenvalue weighted by atomic mass is 16.5. The van der Waals surface area contributed by atoms with Crippen molar-refractivity contribution >= 4 is 11.6 Å². The van der Waals surface area contributed by atoms with E-state index < -0.39 is 0 Å². The average molecular weight is 264 g/mol. The van der Waals surface area contributed by atoms with E-state index in [9.17, 15) is 4.79 Å². The van der Waals surface area contributed by atoms with Crippen molar-refractivity contribution in [3.05, 3.63) is 23.5 Å². The Kier molecular flexibility index (Phi) is 4.34. The minimum absolute atomic E-state index is 0.0457. The van der Waals surface area contributed by atoms with Gasteiger partial charge in [0.15, 0.2) is 0 Å². The Hall–Kier alpha value is -1.66. The van der Waals surface area contributed by atoms with Crippen LogP contribution < -0.4 is 11.3 Å². The highest BCUT2D eigenvalue weighted by Crippen LogP contribution is 2.20. The molecule has 2 heterocycles. The number of nitrogens with zero attached hydrogens (tertiary/aromatic N) is 2. The van der Waals surface area contributed by atoms with Crippen LogP contribution >= 0.6 is 0 Å². The van der Waals surface area contributed by atoms with Crippen LogP contribution in [0.1, 0.15) is 29.4 Å². The fourth-order valence-electron chi connectivity index (χ4n) is 2.26. The first-order valence-electron chi connectivity index (χ1n) is 6.49. The lowest BCUT2D eigenvalue weighted by atomic mass is 10.1. The zero-order chi connectivity index (χ0) is 13.8. The standard InChI is InChI=1S/C13H20N4O2/c1-3-10-8-19-5-4-17(10)13(18)11-7-15-9(2)6-12(11)16-14/h6-7,10H,3-5,8,14H2,1-2H3,(H,15,16). The van der Waals surface area contributed by atoms with Crippen LogP contribution in [-0.2, 0) is 4.74 Å². The summed E-state index contributed by atoms with van der Waals surface area (Å²) in [7, 11) is 0. The smallest absolute Gasteiger partial charge is 0.257 e. The molecule has 0 bridgehead atoms. The topological polar surface area (TPSA) is 80.5 Å². The Balaban J connectivity index is 2.27. The molecule has 0 saturated carbocycles. The minimum atomic E-state index is -0.0457. The molecule has 1 aliphatic heterocycles. The molecule has 1 fully saturated rings. The monoisotopic (exact) mass is 264 g/mol. The second kappa shape index (κ2) is 5.99. The van der Waals surface area contributed by atoms with Gasteiger partial charge >= 0.3 is 0 Å². The Labute approximate surface area is 112 Å². The lowest BCUT2D eigenvalue weighted by Gasteiger charge is -2.35. The maximum absolute atomic E-state index is 12.6. The number of pyridine rings is 1. The number of hydrazine groups is 1. The van der Waals surface area contributed by atoms with Gasteiger partial charge in [0.2, 0.25) is 0 Å². The number of carbonyl (C=O) groups is 1. The number of carbonyl (C=O) groups excluding carboxylic acids is 1. The summed E-state index contributed by atoms with van der Waals surface area (Å²) < 4.78 is 5.42. The Morgan fingerprint density at radius 3 is 3.16 bits per heavy atom. The Bertz CT molecular complexity index is 464. The second-order valence-electron chi connectivity index (χ2n) is 4.65. The first-order chi connectivity index (χ1) is 9.17. The van der Waals surface area contributed by atoms with Gasteiger partial charge in [-0.15, -0.1) is 0 Å². The minimum Gasteiger partial charge on any atom is -0.377 e. The van der Waals surface area contributed by atoms with Crippen molar-refractivity contribution in [3.8, 4) is 0 Å². The molecule has 0 radical (unpaired) electrons. The van der Waals surface area contributed by atoms with Crippen LogP contribution in [0.15, 0.2) is 12.3 Å². The Morgan fingerprint density at radius 2 is 2.47 bits per heavy atom. The van der Waals surface area contributed by atoms with E-state index in [0.29, 0.717) is 31.0 Å². The maximum Gasteiger partial charge on any atom is 0.257 e. The summed E-state index contributed by atoms with van der Waals surface area (Å²) in [5.41, 5.74) is 4.51. The van der Waals surface area contributed by atoms with Crippen LogP contribution in [0, 0.1) is 6.92 Å². The van der Waals surface area contributed by atoms with E-state index >= 15 is 0 Å². The van der Waals surface area contributed by atoms with Gasteiger partial charge in [-0.2, -0.15) is 0 Å². The van der Waals surface area contributed by atoms with Gasteiger partial charge < -0.3 is 15.1 Å². The van der Waals surface area contributed by atoms with Gasteiger partial charge in [0.1, 0.15) is 0 Å². The van der Waals surface area contributed by atoms with Crippen molar-refractivity contribution in [1.29, 1.82) is 0 Å². The van der Waals surface area contributed by atoms with E-state index in [4.69, 9.17) is 10.6 Å². The quantitative estimate of drug-likeness (QED) is 0.627. The number of hydrogen-bond donors (Lipinski definition) is 2. The molecule has 1 amide bonds. The third kappa shape index (κ3) is 2.85. The molecule has 0 spiro atoms. The van der Waals surface area contributed by atoms with Crippen molar-refractivity contribution in [1.82, 2.24) is 9.88 Å². The predicted molar refractivity (Wildman–Crippen MR) is 72.7 cm³/mol. The maximum atomic E-state index is 12.6. The molecule has 1 aromatic rings. The molecule has 1 aromatic heterocycles. The number of ether oxygens (including phenoxy) is 1. The van der Waals surface area contributed by atoms with Crippen LogP contribution in [0.3, 0.4) is 0 Å². The summed E-state index contributed by atoms with van der Waals surface area (Å²) in [6, 6.07) is 1.89. The van der Waals surface area contributed by atoms with Crippen LogP contribution in [0.25, 0.3) is 0 Å². The summed E-state index contributed by atoms with van der Waals surface area (Å²) in [5.74, 6) is 5.44. The third-order valence-electron chi connectivity index (χ3n) is 3.39. The second-order valence-corrected chi connectivity index (χ2v) is 4.65. The summed E-state index contributed by atoms with van der Waals surface area (Å²) in [5, 5.41) is 0. The number of nitrogens with one attached hydrogen (secondary N) is 1. The summed E-state index contributed by atoms with van der Waals surface area (Å²) >= 11 is 0. The van der Waals surface area contributed by atoms with Crippen molar-refractivity contribution in [3.63, 3.8) is 0 Å². The fraction of sp³-hybridized carbons (Fsp3) is 0.538. The molecular formula is C13H20N4O2. The molecule has 1 saturated heterocycles. The molecule has 1 unspecified atom stereocenters. The third-order valence-corrected chi connectivity index (χ3v) is 3.39. The molecule has 6 nitrogen and oxygen atoms in total. The highest BCUT2D eigenvalue weighted by Gasteiger charge is 2.28. The van der Waals surface area contributed by atoms with Crippen LogP contribution in [0.4, 0.5) is 5.69 Å². The number of rotatable bonds is 3. The van der Waals surface area contributed by atoms with Crippen molar-refractivity contribution in [2.24, 2.45) is 5.84 Å². The van der Waals surface area contributed by atoms with Gasteiger partial charge in [0.25, 0.3) is 5.91 Å². The number of hydrogen-bond acceptors (Lipinski definition) is 5. The summed E-state index contributed by atoms with van der Waals surface area (Å²) in [4.78, 5) is 18.6. The number of aryl methyl sites for hydroxylation is 1. The van der Waals surface area contributed by atoms with Gasteiger partial charge in [-0.05, 0) is 19.4 Å². The normalized spacial score (nSPS) is 19.3. The number of anilines is 1. The first-order valence-corrected chi connectivity index (χ1v) is 6.49. The van der Waals surface area contributed by atoms with E-state index in [1.807, 2.05) is 11.8 Å². The number of nitrogens with two attached hydrogens (primary N) is 1. The Morgan fingerprint density at radius 1 is 1.68 bits per heavy atom. The molecule has 2 rings (SSSR count). The molecule has 0 aromatic carbocycles. The average Bonchev–Trinajstić information content (AvgIpc) is 2.46. The first kappa shape index (κ1) is 13.8. The predicted octanol–water partition coefficient (Wildman–Crippen LogP) is 0.927. The molecule has 1 atom stereocenters. The van der Waals surface area contributed by atoms with Crippen LogP contribution in [0.5, 0.6) is 0 Å². The van der Waals surface area contributed by atoms with Gasteiger partial charge in [-0.1, -0.05) is 6.92 Å². The molecule has 104 valence electrons. The van der Waals surface area contributed by atoms with E-state index in [0.717, 1.165) is 12.1 Å². The van der Waals surface area contributed by atoms with Crippen LogP contribution in [0.2, 0.25) is 0 Å². The zero-order valence-electron chi connectivity index (χ0n) is 11.3. The van der Waals surface area contributed by atoms with E-state index in [1.165, 1.54) is 0 Å². The largest absolute Gasteiger partial charge is 0.377 e. The van der Waals surface area contributed by atoms with Gasteiger partial charge in [-0.25, -0.2) is 0 Å². The van der Waals surface area contributed by atoms with E-state index in [1.54, 1.807) is 12.3 Å². The summed E-state index contributed by atoms with van der Waals surface area (Å²) in [6.07, 6.45) is 2.45.